The van der Waals surface area contributed by atoms with Crippen LogP contribution in [0, 0.1) is 18.4 Å². The van der Waals surface area contributed by atoms with Gasteiger partial charge >= 0.3 is 12.0 Å². The molecule has 0 saturated carbocycles. The molecule has 0 bridgehead atoms. The van der Waals surface area contributed by atoms with Crippen LogP contribution < -0.4 is 5.73 Å². The highest BCUT2D eigenvalue weighted by atomic mass is 19.1. The summed E-state index contributed by atoms with van der Waals surface area (Å²) in [4.78, 5) is 23.5. The average Bonchev–Trinajstić information content (AvgIpc) is 3.35. The quantitative estimate of drug-likeness (QED) is 0.213. The summed E-state index contributed by atoms with van der Waals surface area (Å²) < 4.78 is 26.3. The molecule has 9 nitrogen and oxygen atoms in total. The first-order chi connectivity index (χ1) is 15.9. The van der Waals surface area contributed by atoms with Crippen LogP contribution in [0.5, 0.6) is 0 Å². The minimum Gasteiger partial charge on any atom is -0.461 e. The topological polar surface area (TPSA) is 125 Å². The van der Waals surface area contributed by atoms with Crippen molar-refractivity contribution in [2.24, 2.45) is 0 Å². The molecule has 3 heterocycles. The van der Waals surface area contributed by atoms with Crippen molar-refractivity contribution >= 4 is 23.0 Å². The summed E-state index contributed by atoms with van der Waals surface area (Å²) in [6.45, 7) is 1.91. The Labute approximate surface area is 192 Å². The third-order valence-corrected chi connectivity index (χ3v) is 5.97. The molecule has 10 heteroatoms. The fraction of sp³-hybridized carbons (Fsp3) is 0.652. The lowest BCUT2D eigenvalue weighted by Crippen LogP contribution is -2.43. The van der Waals surface area contributed by atoms with Crippen molar-refractivity contribution in [3.63, 3.8) is 0 Å². The van der Waals surface area contributed by atoms with Gasteiger partial charge < -0.3 is 20.3 Å². The van der Waals surface area contributed by atoms with Gasteiger partial charge in [-0.3, -0.25) is 9.36 Å². The van der Waals surface area contributed by atoms with Gasteiger partial charge in [-0.25, -0.2) is 4.98 Å². The summed E-state index contributed by atoms with van der Waals surface area (Å²) >= 11 is 0. The number of halogens is 1. The number of nitrogen functional groups attached to an aromatic ring is 1. The summed E-state index contributed by atoms with van der Waals surface area (Å²) in [5, 5.41) is 10.6. The van der Waals surface area contributed by atoms with Gasteiger partial charge in [-0.2, -0.15) is 14.4 Å². The average molecular weight is 462 g/mol. The maximum Gasteiger partial charge on any atom is 0.312 e. The van der Waals surface area contributed by atoms with Gasteiger partial charge in [0.2, 0.25) is 0 Å². The minimum absolute atomic E-state index is 0.0801. The Bertz CT molecular complexity index is 991. The molecule has 2 aromatic heterocycles. The molecule has 2 aromatic rings. The number of carbonyl (C=O) groups is 1. The number of rotatable bonds is 12. The second kappa shape index (κ2) is 11.4. The van der Waals surface area contributed by atoms with Crippen LogP contribution in [0.4, 0.5) is 10.2 Å². The minimum atomic E-state index is -1.52. The van der Waals surface area contributed by atoms with Crippen molar-refractivity contribution in [3.05, 3.63) is 12.4 Å². The maximum absolute atomic E-state index is 13.6. The number of carbonyl (C=O) groups excluding carboxylic acids is 1. The van der Waals surface area contributed by atoms with E-state index in [1.54, 1.807) is 0 Å². The van der Waals surface area contributed by atoms with Crippen molar-refractivity contribution in [2.75, 3.05) is 12.3 Å². The Kier molecular flexibility index (Phi) is 8.58. The molecule has 1 saturated heterocycles. The van der Waals surface area contributed by atoms with E-state index < -0.39 is 24.0 Å². The van der Waals surface area contributed by atoms with Crippen LogP contribution >= 0.6 is 0 Å². The van der Waals surface area contributed by atoms with Crippen LogP contribution in [-0.4, -0.2) is 48.9 Å². The van der Waals surface area contributed by atoms with Crippen LogP contribution in [0.3, 0.4) is 0 Å². The van der Waals surface area contributed by atoms with Gasteiger partial charge in [-0.1, -0.05) is 57.8 Å². The number of anilines is 1. The van der Waals surface area contributed by atoms with Gasteiger partial charge in [0.1, 0.15) is 18.9 Å². The van der Waals surface area contributed by atoms with Crippen LogP contribution in [-0.2, 0) is 14.3 Å². The Morgan fingerprint density at radius 1 is 1.33 bits per heavy atom. The summed E-state index contributed by atoms with van der Waals surface area (Å²) in [5.41, 5.74) is 4.51. The molecule has 0 aliphatic carbocycles. The zero-order chi connectivity index (χ0) is 23.8. The fourth-order valence-electron chi connectivity index (χ4n) is 4.01. The number of nitrogens with two attached hydrogens (primary N) is 1. The predicted molar refractivity (Wildman–Crippen MR) is 120 cm³/mol. The number of hydrogen-bond donors (Lipinski definition) is 2. The van der Waals surface area contributed by atoms with Gasteiger partial charge in [0.05, 0.1) is 6.33 Å². The molecular weight excluding hydrogens is 429 g/mol. The summed E-state index contributed by atoms with van der Waals surface area (Å²) in [5.74, 6) is 1.94. The van der Waals surface area contributed by atoms with Gasteiger partial charge in [0.15, 0.2) is 22.6 Å². The van der Waals surface area contributed by atoms with Gasteiger partial charge in [0.25, 0.3) is 0 Å². The van der Waals surface area contributed by atoms with Crippen molar-refractivity contribution in [1.29, 1.82) is 0 Å². The van der Waals surface area contributed by atoms with Crippen molar-refractivity contribution < 1.29 is 23.8 Å². The molecule has 0 spiro atoms. The van der Waals surface area contributed by atoms with Crippen LogP contribution in [0.15, 0.2) is 6.33 Å². The summed E-state index contributed by atoms with van der Waals surface area (Å²) in [6, 6.07) is 0. The van der Waals surface area contributed by atoms with Crippen molar-refractivity contribution in [1.82, 2.24) is 19.5 Å². The van der Waals surface area contributed by atoms with E-state index in [2.05, 4.69) is 27.8 Å². The number of terminal acetylenes is 1. The van der Waals surface area contributed by atoms with Crippen LogP contribution in [0.1, 0.15) is 77.4 Å². The zero-order valence-electron chi connectivity index (χ0n) is 19.0. The Balaban J connectivity index is 1.51. The van der Waals surface area contributed by atoms with Gasteiger partial charge in [-0.05, 0) is 6.42 Å². The molecule has 0 unspecified atom stereocenters. The molecule has 1 fully saturated rings. The van der Waals surface area contributed by atoms with Gasteiger partial charge in [-0.15, -0.1) is 6.42 Å². The fourth-order valence-corrected chi connectivity index (χ4v) is 4.01. The first-order valence-electron chi connectivity index (χ1n) is 11.5. The third-order valence-electron chi connectivity index (χ3n) is 5.97. The number of hydrogen-bond acceptors (Lipinski definition) is 8. The van der Waals surface area contributed by atoms with Crippen LogP contribution in [0.2, 0.25) is 0 Å². The highest BCUT2D eigenvalue weighted by Gasteiger charge is 2.49. The Morgan fingerprint density at radius 3 is 2.73 bits per heavy atom. The summed E-state index contributed by atoms with van der Waals surface area (Å²) in [6.07, 6.45) is 13.5. The molecule has 180 valence electrons. The molecular formula is C23H32FN5O4. The number of aliphatic hydroxyl groups excluding tert-OH is 1. The highest BCUT2D eigenvalue weighted by Crippen LogP contribution is 2.38. The molecule has 0 aromatic carbocycles. The Hall–Kier alpha value is -2.77. The van der Waals surface area contributed by atoms with E-state index in [1.165, 1.54) is 43.0 Å². The first-order valence-corrected chi connectivity index (χ1v) is 11.5. The first kappa shape index (κ1) is 24.9. The molecule has 1 aliphatic rings. The monoisotopic (exact) mass is 461 g/mol. The van der Waals surface area contributed by atoms with Crippen LogP contribution in [0.25, 0.3) is 11.2 Å². The smallest absolute Gasteiger partial charge is 0.312 e. The maximum atomic E-state index is 13.6. The number of unbranched alkanes of at least 4 members (excludes halogenated alkanes) is 7. The van der Waals surface area contributed by atoms with E-state index in [-0.39, 0.29) is 42.4 Å². The molecule has 33 heavy (non-hydrogen) atoms. The van der Waals surface area contributed by atoms with Gasteiger partial charge in [0, 0.05) is 12.8 Å². The number of imidazole rings is 1. The second-order valence-electron chi connectivity index (χ2n) is 8.45. The third kappa shape index (κ3) is 5.97. The number of esters is 1. The number of aliphatic hydroxyl groups is 1. The molecule has 0 radical (unpaired) electrons. The highest BCUT2D eigenvalue weighted by molar-refractivity contribution is 5.81. The van der Waals surface area contributed by atoms with E-state index in [0.29, 0.717) is 0 Å². The Morgan fingerprint density at radius 2 is 2.03 bits per heavy atom. The molecule has 3 N–H and O–H groups in total. The lowest BCUT2D eigenvalue weighted by atomic mass is 9.99. The number of nitrogens with zero attached hydrogens (tertiary/aromatic N) is 4. The standard InChI is InChI=1S/C23H32FN5O4/c1-3-5-6-7-8-9-10-11-12-18(31)32-14-23(4-2)16(30)13-17(33-23)29-15-26-19-20(25)27-22(24)28-21(19)29/h2,15-17,30H,3,5-14H2,1H3,(H2,25,27,28)/t16-,17+,23+/m0/s1. The zero-order valence-corrected chi connectivity index (χ0v) is 19.0. The number of aromatic nitrogens is 4. The van der Waals surface area contributed by atoms with Crippen molar-refractivity contribution in [2.45, 2.75) is 89.1 Å². The normalized spacial score (nSPS) is 22.5. The largest absolute Gasteiger partial charge is 0.461 e. The summed E-state index contributed by atoms with van der Waals surface area (Å²) in [7, 11) is 0. The van der Waals surface area contributed by atoms with E-state index in [0.717, 1.165) is 19.3 Å². The molecule has 3 rings (SSSR count). The lowest BCUT2D eigenvalue weighted by Gasteiger charge is -2.26. The van der Waals surface area contributed by atoms with Crippen molar-refractivity contribution in [3.8, 4) is 12.3 Å². The lowest BCUT2D eigenvalue weighted by molar-refractivity contribution is -0.156. The molecule has 1 aliphatic heterocycles. The van der Waals surface area contributed by atoms with E-state index >= 15 is 0 Å². The van der Waals surface area contributed by atoms with E-state index in [9.17, 15) is 14.3 Å². The SMILES string of the molecule is C#C[C@]1(COC(=O)CCCCCCCCCC)O[C@@H](n2cnc3c(N)nc(F)nc32)C[C@@H]1O. The van der Waals surface area contributed by atoms with E-state index in [1.807, 2.05) is 0 Å². The predicted octanol–water partition coefficient (Wildman–Crippen LogP) is 3.27. The second-order valence-corrected chi connectivity index (χ2v) is 8.45. The number of fused-ring (bicyclic) bond motifs is 1. The molecule has 3 atom stereocenters. The van der Waals surface area contributed by atoms with E-state index in [4.69, 9.17) is 21.6 Å². The molecule has 0 amide bonds. The number of ether oxygens (including phenoxy) is 2.